The third kappa shape index (κ3) is 4.89. The molecule has 2 aliphatic rings. The fraction of sp³-hybridized carbons (Fsp3) is 0.476. The van der Waals surface area contributed by atoms with Crippen LogP contribution in [0.1, 0.15) is 12.8 Å². The normalized spacial score (nSPS) is 18.6. The van der Waals surface area contributed by atoms with Crippen LogP contribution < -0.4 is 10.2 Å². The Balaban J connectivity index is 1.31. The highest BCUT2D eigenvalue weighted by molar-refractivity contribution is 9.10. The summed E-state index contributed by atoms with van der Waals surface area (Å²) >= 11 is 3.33. The smallest absolute Gasteiger partial charge is 0.243 e. The van der Waals surface area contributed by atoms with Crippen LogP contribution in [0, 0.1) is 5.92 Å². The van der Waals surface area contributed by atoms with Gasteiger partial charge in [-0.3, -0.25) is 4.79 Å². The lowest BCUT2D eigenvalue weighted by atomic mass is 9.95. The van der Waals surface area contributed by atoms with Gasteiger partial charge in [0.1, 0.15) is 18.0 Å². The van der Waals surface area contributed by atoms with Gasteiger partial charge in [0.15, 0.2) is 0 Å². The van der Waals surface area contributed by atoms with Gasteiger partial charge in [-0.15, -0.1) is 0 Å². The second kappa shape index (κ2) is 9.72. The molecular formula is C21H27BrN6O3S. The van der Waals surface area contributed by atoms with Crippen LogP contribution in [0.3, 0.4) is 0 Å². The Morgan fingerprint density at radius 1 is 1.03 bits per heavy atom. The lowest BCUT2D eigenvalue weighted by molar-refractivity contribution is -0.137. The molecule has 11 heteroatoms. The van der Waals surface area contributed by atoms with Crippen LogP contribution in [0.5, 0.6) is 0 Å². The molecule has 9 nitrogen and oxygen atoms in total. The molecule has 0 saturated carbocycles. The molecule has 2 aliphatic heterocycles. The summed E-state index contributed by atoms with van der Waals surface area (Å²) in [6.45, 7) is 2.99. The summed E-state index contributed by atoms with van der Waals surface area (Å²) in [6, 6.07) is 8.55. The average Bonchev–Trinajstić information content (AvgIpc) is 2.84. The summed E-state index contributed by atoms with van der Waals surface area (Å²) in [7, 11) is -1.73. The van der Waals surface area contributed by atoms with Gasteiger partial charge < -0.3 is 15.1 Å². The minimum absolute atomic E-state index is 0.0357. The Bertz CT molecular complexity index is 1050. The molecule has 2 aromatic rings. The van der Waals surface area contributed by atoms with Crippen molar-refractivity contribution in [3.63, 3.8) is 0 Å². The number of anilines is 2. The first-order valence-electron chi connectivity index (χ1n) is 10.7. The Morgan fingerprint density at radius 2 is 1.69 bits per heavy atom. The van der Waals surface area contributed by atoms with Crippen LogP contribution in [-0.2, 0) is 14.8 Å². The summed E-state index contributed by atoms with van der Waals surface area (Å²) in [4.78, 5) is 25.8. The second-order valence-corrected chi connectivity index (χ2v) is 10.8. The van der Waals surface area contributed by atoms with Crippen LogP contribution in [0.4, 0.5) is 11.6 Å². The number of hydrogen-bond acceptors (Lipinski definition) is 7. The maximum absolute atomic E-state index is 13.1. The maximum atomic E-state index is 13.1. The van der Waals surface area contributed by atoms with Gasteiger partial charge in [0.05, 0.1) is 4.90 Å². The van der Waals surface area contributed by atoms with Crippen LogP contribution >= 0.6 is 15.9 Å². The van der Waals surface area contributed by atoms with Crippen LogP contribution in [0.25, 0.3) is 0 Å². The van der Waals surface area contributed by atoms with E-state index < -0.39 is 10.0 Å². The summed E-state index contributed by atoms with van der Waals surface area (Å²) in [5.41, 5.74) is 0. The molecule has 0 aliphatic carbocycles. The predicted molar refractivity (Wildman–Crippen MR) is 126 cm³/mol. The number of carbonyl (C=O) groups excluding carboxylic acids is 1. The van der Waals surface area contributed by atoms with Crippen LogP contribution in [0.2, 0.25) is 0 Å². The number of amides is 1. The molecule has 1 N–H and O–H groups in total. The first-order valence-corrected chi connectivity index (χ1v) is 12.9. The van der Waals surface area contributed by atoms with Gasteiger partial charge in [0.2, 0.25) is 15.9 Å². The van der Waals surface area contributed by atoms with Crippen molar-refractivity contribution in [2.75, 3.05) is 56.5 Å². The van der Waals surface area contributed by atoms with E-state index in [-0.39, 0.29) is 16.7 Å². The minimum Gasteiger partial charge on any atom is -0.373 e. The molecule has 0 atom stereocenters. The molecule has 0 radical (unpaired) electrons. The molecule has 4 rings (SSSR count). The number of sulfonamides is 1. The van der Waals surface area contributed by atoms with E-state index in [2.05, 4.69) is 36.1 Å². The van der Waals surface area contributed by atoms with Crippen molar-refractivity contribution in [1.82, 2.24) is 19.2 Å². The number of piperidine rings is 1. The lowest BCUT2D eigenvalue weighted by Gasteiger charge is -2.38. The summed E-state index contributed by atoms with van der Waals surface area (Å²) < 4.78 is 28.1. The second-order valence-electron chi connectivity index (χ2n) is 7.96. The molecule has 1 aromatic heterocycles. The maximum Gasteiger partial charge on any atom is 0.243 e. The van der Waals surface area contributed by atoms with Gasteiger partial charge >= 0.3 is 0 Å². The van der Waals surface area contributed by atoms with Crippen LogP contribution in [-0.4, -0.2) is 79.8 Å². The summed E-state index contributed by atoms with van der Waals surface area (Å²) in [5, 5.41) is 3.02. The molecule has 1 aromatic carbocycles. The Kier molecular flexibility index (Phi) is 6.96. The summed E-state index contributed by atoms with van der Waals surface area (Å²) in [6.07, 6.45) is 3.06. The number of halogens is 1. The monoisotopic (exact) mass is 522 g/mol. The summed E-state index contributed by atoms with van der Waals surface area (Å²) in [5.74, 6) is 1.72. The van der Waals surface area contributed by atoms with Gasteiger partial charge in [0, 0.05) is 62.8 Å². The van der Waals surface area contributed by atoms with Gasteiger partial charge in [-0.25, -0.2) is 18.4 Å². The van der Waals surface area contributed by atoms with E-state index in [1.54, 1.807) is 30.6 Å². The number of carbonyl (C=O) groups is 1. The minimum atomic E-state index is -3.55. The van der Waals surface area contributed by atoms with E-state index in [4.69, 9.17) is 0 Å². The van der Waals surface area contributed by atoms with Gasteiger partial charge in [-0.1, -0.05) is 15.9 Å². The molecular weight excluding hydrogens is 496 g/mol. The van der Waals surface area contributed by atoms with E-state index in [0.717, 1.165) is 42.0 Å². The molecule has 0 bridgehead atoms. The Morgan fingerprint density at radius 3 is 2.31 bits per heavy atom. The van der Waals surface area contributed by atoms with Crippen LogP contribution in [0.15, 0.2) is 46.0 Å². The first kappa shape index (κ1) is 22.9. The van der Waals surface area contributed by atoms with Gasteiger partial charge in [-0.05, 0) is 37.1 Å². The van der Waals surface area contributed by atoms with E-state index in [1.165, 1.54) is 4.31 Å². The lowest BCUT2D eigenvalue weighted by Crippen LogP contribution is -2.52. The highest BCUT2D eigenvalue weighted by atomic mass is 79.9. The van der Waals surface area contributed by atoms with Crippen molar-refractivity contribution in [2.45, 2.75) is 17.7 Å². The van der Waals surface area contributed by atoms with Crippen molar-refractivity contribution in [1.29, 1.82) is 0 Å². The van der Waals surface area contributed by atoms with Crippen molar-refractivity contribution in [3.05, 3.63) is 41.1 Å². The van der Waals surface area contributed by atoms with Crippen molar-refractivity contribution >= 4 is 43.5 Å². The molecule has 0 unspecified atom stereocenters. The van der Waals surface area contributed by atoms with E-state index >= 15 is 0 Å². The number of benzene rings is 1. The van der Waals surface area contributed by atoms with Crippen molar-refractivity contribution in [3.8, 4) is 0 Å². The molecule has 1 amide bonds. The first-order chi connectivity index (χ1) is 15.4. The fourth-order valence-corrected chi connectivity index (χ4v) is 5.86. The zero-order valence-corrected chi connectivity index (χ0v) is 20.3. The zero-order valence-electron chi connectivity index (χ0n) is 17.9. The number of hydrogen-bond donors (Lipinski definition) is 1. The molecule has 172 valence electrons. The quantitative estimate of drug-likeness (QED) is 0.641. The van der Waals surface area contributed by atoms with E-state index in [1.807, 2.05) is 18.0 Å². The molecule has 2 fully saturated rings. The topological polar surface area (TPSA) is 98.7 Å². The number of aromatic nitrogens is 2. The fourth-order valence-electron chi connectivity index (χ4n) is 4.17. The van der Waals surface area contributed by atoms with Crippen molar-refractivity contribution < 1.29 is 13.2 Å². The van der Waals surface area contributed by atoms with Gasteiger partial charge in [0.25, 0.3) is 0 Å². The molecule has 3 heterocycles. The molecule has 32 heavy (non-hydrogen) atoms. The van der Waals surface area contributed by atoms with Gasteiger partial charge in [-0.2, -0.15) is 4.31 Å². The number of nitrogens with one attached hydrogen (secondary N) is 1. The zero-order chi connectivity index (χ0) is 22.7. The standard InChI is InChI=1S/C21H27BrN6O3S/c1-23-19-14-20(25-15-24-19)26-8-6-16(7-9-26)21(29)27-10-12-28(13-11-27)32(30,31)18-4-2-17(22)3-5-18/h2-5,14-16H,6-13H2,1H3,(H,23,24,25). The molecule has 2 saturated heterocycles. The number of nitrogens with zero attached hydrogens (tertiary/aromatic N) is 5. The predicted octanol–water partition coefficient (Wildman–Crippen LogP) is 2.03. The Hall–Kier alpha value is -2.24. The van der Waals surface area contributed by atoms with E-state index in [0.29, 0.717) is 26.2 Å². The average molecular weight is 523 g/mol. The number of piperazine rings is 1. The number of rotatable bonds is 5. The highest BCUT2D eigenvalue weighted by Gasteiger charge is 2.34. The highest BCUT2D eigenvalue weighted by Crippen LogP contribution is 2.26. The SMILES string of the molecule is CNc1cc(N2CCC(C(=O)N3CCN(S(=O)(=O)c4ccc(Br)cc4)CC3)CC2)ncn1. The largest absolute Gasteiger partial charge is 0.373 e. The van der Waals surface area contributed by atoms with Crippen molar-refractivity contribution in [2.24, 2.45) is 5.92 Å². The molecule has 0 spiro atoms. The van der Waals surface area contributed by atoms with E-state index in [9.17, 15) is 13.2 Å². The third-order valence-electron chi connectivity index (χ3n) is 6.08. The third-order valence-corrected chi connectivity index (χ3v) is 8.52. The Labute approximate surface area is 197 Å².